The molecule has 0 rings (SSSR count). The molecule has 3 N–H and O–H groups in total. The summed E-state index contributed by atoms with van der Waals surface area (Å²) in [5.74, 6) is 0. The largest absolute Gasteiger partial charge is 0.471 e. The van der Waals surface area contributed by atoms with Gasteiger partial charge in [0.15, 0.2) is 6.29 Å². The van der Waals surface area contributed by atoms with E-state index in [4.69, 9.17) is 14.9 Å². The molecular weight excluding hydrogens is 183 g/mol. The highest BCUT2D eigenvalue weighted by Gasteiger charge is 2.19. The van der Waals surface area contributed by atoms with Crippen molar-refractivity contribution in [3.05, 3.63) is 0 Å². The molecule has 0 saturated heterocycles. The minimum absolute atomic E-state index is 0.263. The Hall–Kier alpha value is 0.0700. The number of phosphoric acid groups is 1. The lowest BCUT2D eigenvalue weighted by molar-refractivity contribution is -0.0426. The number of hydrogen-bond donors (Lipinski definition) is 3. The number of unbranched alkanes of at least 4 members (excludes halogenated alkanes) is 2. The van der Waals surface area contributed by atoms with Crippen molar-refractivity contribution in [2.24, 2.45) is 0 Å². The average Bonchev–Trinajstić information content (AvgIpc) is 1.84. The Morgan fingerprint density at radius 1 is 1.42 bits per heavy atom. The van der Waals surface area contributed by atoms with E-state index in [0.29, 0.717) is 6.42 Å². The Balaban J connectivity index is 3.46. The van der Waals surface area contributed by atoms with Crippen molar-refractivity contribution in [2.45, 2.75) is 38.9 Å². The van der Waals surface area contributed by atoms with Gasteiger partial charge in [-0.15, -0.1) is 0 Å². The van der Waals surface area contributed by atoms with Crippen LogP contribution in [0.2, 0.25) is 0 Å². The number of hydrogen-bond acceptors (Lipinski definition) is 3. The van der Waals surface area contributed by atoms with E-state index < -0.39 is 14.1 Å². The maximum absolute atomic E-state index is 10.2. The molecule has 0 saturated carbocycles. The predicted octanol–water partition coefficient (Wildman–Crippen LogP) is 0.994. The summed E-state index contributed by atoms with van der Waals surface area (Å²) in [6.45, 7) is 2.00. The first-order chi connectivity index (χ1) is 5.45. The Kier molecular flexibility index (Phi) is 5.70. The molecule has 0 aromatic heterocycles. The molecule has 1 unspecified atom stereocenters. The molecule has 0 aromatic carbocycles. The van der Waals surface area contributed by atoms with Gasteiger partial charge >= 0.3 is 7.82 Å². The summed E-state index contributed by atoms with van der Waals surface area (Å²) in [6.07, 6.45) is 1.53. The monoisotopic (exact) mass is 198 g/mol. The van der Waals surface area contributed by atoms with Crippen LogP contribution in [0.4, 0.5) is 0 Å². The van der Waals surface area contributed by atoms with Crippen LogP contribution in [0, 0.1) is 0 Å². The molecular formula is C6H15O5P. The van der Waals surface area contributed by atoms with Gasteiger partial charge in [0.2, 0.25) is 0 Å². The smallest absolute Gasteiger partial charge is 0.367 e. The Morgan fingerprint density at radius 2 is 2.00 bits per heavy atom. The highest BCUT2D eigenvalue weighted by atomic mass is 31.2. The van der Waals surface area contributed by atoms with Crippen molar-refractivity contribution >= 4 is 7.82 Å². The van der Waals surface area contributed by atoms with Gasteiger partial charge in [-0.05, 0) is 12.8 Å². The SMILES string of the molecule is CCCCCC(O)OP(=O)(O)O. The van der Waals surface area contributed by atoms with Crippen LogP contribution in [0.3, 0.4) is 0 Å². The van der Waals surface area contributed by atoms with Gasteiger partial charge in [-0.1, -0.05) is 19.8 Å². The molecule has 1 atom stereocenters. The van der Waals surface area contributed by atoms with Crippen molar-refractivity contribution in [1.29, 1.82) is 0 Å². The highest BCUT2D eigenvalue weighted by Crippen LogP contribution is 2.37. The van der Waals surface area contributed by atoms with E-state index in [0.717, 1.165) is 12.8 Å². The zero-order valence-electron chi connectivity index (χ0n) is 7.01. The average molecular weight is 198 g/mol. The summed E-state index contributed by atoms with van der Waals surface area (Å²) in [6, 6.07) is 0. The normalized spacial score (nSPS) is 14.7. The minimum atomic E-state index is -4.52. The molecule has 0 aliphatic heterocycles. The molecule has 0 aliphatic rings. The minimum Gasteiger partial charge on any atom is -0.367 e. The van der Waals surface area contributed by atoms with Crippen LogP contribution in [0.1, 0.15) is 32.6 Å². The van der Waals surface area contributed by atoms with E-state index in [2.05, 4.69) is 4.52 Å². The molecule has 12 heavy (non-hydrogen) atoms. The van der Waals surface area contributed by atoms with Crippen LogP contribution >= 0.6 is 7.82 Å². The van der Waals surface area contributed by atoms with Gasteiger partial charge in [0.25, 0.3) is 0 Å². The second-order valence-corrected chi connectivity index (χ2v) is 3.74. The van der Waals surface area contributed by atoms with Crippen LogP contribution in [-0.2, 0) is 9.09 Å². The van der Waals surface area contributed by atoms with Gasteiger partial charge in [0.05, 0.1) is 0 Å². The highest BCUT2D eigenvalue weighted by molar-refractivity contribution is 7.46. The lowest BCUT2D eigenvalue weighted by Gasteiger charge is -2.11. The van der Waals surface area contributed by atoms with E-state index in [1.165, 1.54) is 0 Å². The van der Waals surface area contributed by atoms with Gasteiger partial charge in [0.1, 0.15) is 0 Å². The topological polar surface area (TPSA) is 87.0 Å². The summed E-state index contributed by atoms with van der Waals surface area (Å²) in [5, 5.41) is 8.90. The lowest BCUT2D eigenvalue weighted by atomic mass is 10.2. The molecule has 0 aromatic rings. The first-order valence-corrected chi connectivity index (χ1v) is 5.40. The molecule has 0 radical (unpaired) electrons. The zero-order chi connectivity index (χ0) is 9.61. The van der Waals surface area contributed by atoms with Crippen molar-refractivity contribution in [2.75, 3.05) is 0 Å². The summed E-state index contributed by atoms with van der Waals surface area (Å²) in [7, 11) is -4.52. The predicted molar refractivity (Wildman–Crippen MR) is 43.3 cm³/mol. The first kappa shape index (κ1) is 12.1. The number of phosphoric ester groups is 1. The number of rotatable bonds is 6. The maximum atomic E-state index is 10.2. The van der Waals surface area contributed by atoms with Gasteiger partial charge in [-0.2, -0.15) is 0 Å². The van der Waals surface area contributed by atoms with E-state index in [1.807, 2.05) is 6.92 Å². The van der Waals surface area contributed by atoms with Crippen LogP contribution in [-0.4, -0.2) is 21.2 Å². The second-order valence-electron chi connectivity index (χ2n) is 2.55. The molecule has 5 nitrogen and oxygen atoms in total. The molecule has 74 valence electrons. The fraction of sp³-hybridized carbons (Fsp3) is 1.00. The van der Waals surface area contributed by atoms with Crippen molar-refractivity contribution < 1.29 is 24.0 Å². The van der Waals surface area contributed by atoms with E-state index in [9.17, 15) is 4.57 Å². The van der Waals surface area contributed by atoms with E-state index >= 15 is 0 Å². The first-order valence-electron chi connectivity index (χ1n) is 3.87. The third-order valence-electron chi connectivity index (χ3n) is 1.31. The molecule has 6 heteroatoms. The third-order valence-corrected chi connectivity index (χ3v) is 1.83. The molecule has 0 fully saturated rings. The molecule has 0 spiro atoms. The van der Waals surface area contributed by atoms with Crippen molar-refractivity contribution in [3.63, 3.8) is 0 Å². The summed E-state index contributed by atoms with van der Waals surface area (Å²) in [4.78, 5) is 16.5. The molecule has 0 bridgehead atoms. The number of aliphatic hydroxyl groups is 1. The summed E-state index contributed by atoms with van der Waals surface area (Å²) >= 11 is 0. The zero-order valence-corrected chi connectivity index (χ0v) is 7.91. The van der Waals surface area contributed by atoms with E-state index in [-0.39, 0.29) is 6.42 Å². The third kappa shape index (κ3) is 8.17. The Bertz CT molecular complexity index is 154. The maximum Gasteiger partial charge on any atom is 0.471 e. The van der Waals surface area contributed by atoms with Gasteiger partial charge in [-0.25, -0.2) is 4.57 Å². The second kappa shape index (κ2) is 5.67. The van der Waals surface area contributed by atoms with Gasteiger partial charge < -0.3 is 14.9 Å². The fourth-order valence-electron chi connectivity index (χ4n) is 0.780. The Morgan fingerprint density at radius 3 is 2.42 bits per heavy atom. The van der Waals surface area contributed by atoms with Crippen LogP contribution in [0.15, 0.2) is 0 Å². The molecule has 0 amide bonds. The number of aliphatic hydroxyl groups excluding tert-OH is 1. The quantitative estimate of drug-likeness (QED) is 0.336. The van der Waals surface area contributed by atoms with Crippen molar-refractivity contribution in [3.8, 4) is 0 Å². The fourth-order valence-corrected chi connectivity index (χ4v) is 1.20. The standard InChI is InChI=1S/C6H15O5P/c1-2-3-4-5-6(7)11-12(8,9)10/h6-7H,2-5H2,1H3,(H2,8,9,10). The molecule has 0 aliphatic carbocycles. The van der Waals surface area contributed by atoms with Crippen LogP contribution in [0.25, 0.3) is 0 Å². The molecule has 0 heterocycles. The van der Waals surface area contributed by atoms with Crippen molar-refractivity contribution in [1.82, 2.24) is 0 Å². The summed E-state index contributed by atoms with van der Waals surface area (Å²) < 4.78 is 14.2. The van der Waals surface area contributed by atoms with Gasteiger partial charge in [0, 0.05) is 0 Å². The Labute approximate surface area is 71.6 Å². The lowest BCUT2D eigenvalue weighted by Crippen LogP contribution is -2.09. The van der Waals surface area contributed by atoms with Crippen LogP contribution < -0.4 is 0 Å². The summed E-state index contributed by atoms with van der Waals surface area (Å²) in [5.41, 5.74) is 0. The van der Waals surface area contributed by atoms with E-state index in [1.54, 1.807) is 0 Å². The van der Waals surface area contributed by atoms with Gasteiger partial charge in [-0.3, -0.25) is 4.52 Å². The van der Waals surface area contributed by atoms with Crippen LogP contribution in [0.5, 0.6) is 0 Å².